The smallest absolute Gasteiger partial charge is 0.494 e. The van der Waals surface area contributed by atoms with Gasteiger partial charge < -0.3 is 9.47 Å². The molecule has 1 unspecified atom stereocenters. The highest BCUT2D eigenvalue weighted by Crippen LogP contribution is 2.33. The van der Waals surface area contributed by atoms with Crippen LogP contribution >= 0.6 is 27.5 Å². The lowest BCUT2D eigenvalue weighted by Gasteiger charge is -2.13. The lowest BCUT2D eigenvalue weighted by molar-refractivity contribution is -0.274. The fourth-order valence-corrected chi connectivity index (χ4v) is 2.30. The molecule has 0 aliphatic carbocycles. The van der Waals surface area contributed by atoms with Crippen molar-refractivity contribution in [1.29, 1.82) is 0 Å². The monoisotopic (exact) mass is 374 g/mol. The number of rotatable bonds is 7. The maximum Gasteiger partial charge on any atom is 0.573 e. The molecule has 0 aliphatic rings. The Bertz CT molecular complexity index is 427. The summed E-state index contributed by atoms with van der Waals surface area (Å²) in [6.45, 7) is 2.56. The minimum Gasteiger partial charge on any atom is -0.494 e. The first-order chi connectivity index (χ1) is 9.31. The molecule has 0 saturated heterocycles. The molecule has 0 bridgehead atoms. The van der Waals surface area contributed by atoms with E-state index in [2.05, 4.69) is 27.6 Å². The van der Waals surface area contributed by atoms with Crippen LogP contribution in [0.2, 0.25) is 0 Å². The molecular weight excluding hydrogens is 360 g/mol. The van der Waals surface area contributed by atoms with E-state index in [1.54, 1.807) is 0 Å². The second-order valence-corrected chi connectivity index (χ2v) is 5.59. The van der Waals surface area contributed by atoms with Gasteiger partial charge in [0.25, 0.3) is 0 Å². The molecule has 114 valence electrons. The number of hydrogen-bond donors (Lipinski definition) is 0. The van der Waals surface area contributed by atoms with Gasteiger partial charge in [0, 0.05) is 5.88 Å². The summed E-state index contributed by atoms with van der Waals surface area (Å²) in [4.78, 5) is 0. The Morgan fingerprint density at radius 1 is 1.30 bits per heavy atom. The quantitative estimate of drug-likeness (QED) is 0.596. The molecular formula is C13H15BrClF3O2. The van der Waals surface area contributed by atoms with E-state index >= 15 is 0 Å². The second kappa shape index (κ2) is 7.98. The highest BCUT2D eigenvalue weighted by atomic mass is 79.9. The Morgan fingerprint density at radius 2 is 2.00 bits per heavy atom. The van der Waals surface area contributed by atoms with E-state index in [9.17, 15) is 13.2 Å². The fraction of sp³-hybridized carbons (Fsp3) is 0.538. The molecule has 0 N–H and O–H groups in total. The molecule has 1 aromatic rings. The van der Waals surface area contributed by atoms with Crippen LogP contribution in [0.15, 0.2) is 22.7 Å². The number of benzene rings is 1. The van der Waals surface area contributed by atoms with Gasteiger partial charge in [-0.2, -0.15) is 0 Å². The maximum absolute atomic E-state index is 12.1. The van der Waals surface area contributed by atoms with Crippen LogP contribution in [0.5, 0.6) is 11.5 Å². The fourth-order valence-electron chi connectivity index (χ4n) is 1.49. The molecule has 1 aromatic carbocycles. The van der Waals surface area contributed by atoms with Gasteiger partial charge in [-0.05, 0) is 52.9 Å². The van der Waals surface area contributed by atoms with Gasteiger partial charge in [0.1, 0.15) is 11.5 Å². The summed E-state index contributed by atoms with van der Waals surface area (Å²) in [5.74, 6) is 1.25. The van der Waals surface area contributed by atoms with Gasteiger partial charge in [-0.1, -0.05) is 6.92 Å². The van der Waals surface area contributed by atoms with E-state index in [-0.39, 0.29) is 10.2 Å². The first-order valence-electron chi connectivity index (χ1n) is 6.06. The third-order valence-corrected chi connectivity index (χ3v) is 3.45. The zero-order valence-corrected chi connectivity index (χ0v) is 13.2. The average Bonchev–Trinajstić information content (AvgIpc) is 2.31. The van der Waals surface area contributed by atoms with E-state index in [0.29, 0.717) is 24.2 Å². The van der Waals surface area contributed by atoms with Crippen LogP contribution in [0, 0.1) is 5.92 Å². The van der Waals surface area contributed by atoms with Crippen LogP contribution in [0.4, 0.5) is 13.2 Å². The summed E-state index contributed by atoms with van der Waals surface area (Å²) >= 11 is 8.65. The molecule has 0 spiro atoms. The van der Waals surface area contributed by atoms with Gasteiger partial charge >= 0.3 is 6.36 Å². The Labute approximate surface area is 129 Å². The van der Waals surface area contributed by atoms with Crippen molar-refractivity contribution >= 4 is 27.5 Å². The molecule has 0 saturated carbocycles. The molecule has 7 heteroatoms. The van der Waals surface area contributed by atoms with Crippen molar-refractivity contribution in [2.24, 2.45) is 5.92 Å². The number of hydrogen-bond acceptors (Lipinski definition) is 2. The summed E-state index contributed by atoms with van der Waals surface area (Å²) in [5, 5.41) is 0. The van der Waals surface area contributed by atoms with Gasteiger partial charge in [0.15, 0.2) is 0 Å². The zero-order chi connectivity index (χ0) is 15.2. The van der Waals surface area contributed by atoms with Crippen molar-refractivity contribution in [3.05, 3.63) is 22.7 Å². The van der Waals surface area contributed by atoms with Crippen LogP contribution in [-0.4, -0.2) is 18.8 Å². The van der Waals surface area contributed by atoms with Crippen LogP contribution in [0.25, 0.3) is 0 Å². The first-order valence-corrected chi connectivity index (χ1v) is 7.38. The number of halogens is 5. The lowest BCUT2D eigenvalue weighted by Crippen LogP contribution is -2.17. The molecule has 20 heavy (non-hydrogen) atoms. The second-order valence-electron chi connectivity index (χ2n) is 4.36. The third-order valence-electron chi connectivity index (χ3n) is 2.61. The maximum atomic E-state index is 12.1. The molecule has 0 aliphatic heterocycles. The van der Waals surface area contributed by atoms with Crippen molar-refractivity contribution in [3.63, 3.8) is 0 Å². The Kier molecular flexibility index (Phi) is 6.95. The molecule has 0 heterocycles. The van der Waals surface area contributed by atoms with Crippen LogP contribution in [0.3, 0.4) is 0 Å². The topological polar surface area (TPSA) is 18.5 Å². The average molecular weight is 376 g/mol. The third kappa shape index (κ3) is 6.70. The molecule has 1 atom stereocenters. The van der Waals surface area contributed by atoms with Crippen molar-refractivity contribution < 1.29 is 22.6 Å². The lowest BCUT2D eigenvalue weighted by atomic mass is 10.1. The molecule has 0 amide bonds. The van der Waals surface area contributed by atoms with Gasteiger partial charge in [-0.3, -0.25) is 0 Å². The highest BCUT2D eigenvalue weighted by molar-refractivity contribution is 9.10. The predicted molar refractivity (Wildman–Crippen MR) is 75.4 cm³/mol. The number of alkyl halides is 4. The standard InChI is InChI=1S/C13H15BrClF3O2/c1-9(4-6-15)5-7-19-10-2-3-12(11(14)8-10)20-13(16,17)18/h2-3,8-9H,4-7H2,1H3. The van der Waals surface area contributed by atoms with E-state index < -0.39 is 6.36 Å². The van der Waals surface area contributed by atoms with Gasteiger partial charge in [0.2, 0.25) is 0 Å². The minimum atomic E-state index is -4.71. The van der Waals surface area contributed by atoms with E-state index in [1.165, 1.54) is 18.2 Å². The summed E-state index contributed by atoms with van der Waals surface area (Å²) in [6, 6.07) is 4.11. The number of ether oxygens (including phenoxy) is 2. The summed E-state index contributed by atoms with van der Waals surface area (Å²) in [5.41, 5.74) is 0. The molecule has 0 fully saturated rings. The minimum absolute atomic E-state index is 0.195. The molecule has 0 aromatic heterocycles. The van der Waals surface area contributed by atoms with Crippen molar-refractivity contribution in [3.8, 4) is 11.5 Å². The van der Waals surface area contributed by atoms with Gasteiger partial charge in [-0.15, -0.1) is 24.8 Å². The van der Waals surface area contributed by atoms with Crippen LogP contribution < -0.4 is 9.47 Å². The largest absolute Gasteiger partial charge is 0.573 e. The van der Waals surface area contributed by atoms with E-state index in [1.807, 2.05) is 0 Å². The van der Waals surface area contributed by atoms with Crippen molar-refractivity contribution in [1.82, 2.24) is 0 Å². The Morgan fingerprint density at radius 3 is 2.55 bits per heavy atom. The highest BCUT2D eigenvalue weighted by Gasteiger charge is 2.31. The van der Waals surface area contributed by atoms with Crippen molar-refractivity contribution in [2.75, 3.05) is 12.5 Å². The summed E-state index contributed by atoms with van der Waals surface area (Å²) in [7, 11) is 0. The predicted octanol–water partition coefficient (Wildman–Crippen LogP) is 5.38. The van der Waals surface area contributed by atoms with Crippen LogP contribution in [0.1, 0.15) is 19.8 Å². The Balaban J connectivity index is 2.51. The van der Waals surface area contributed by atoms with Gasteiger partial charge in [0.05, 0.1) is 11.1 Å². The van der Waals surface area contributed by atoms with Gasteiger partial charge in [-0.25, -0.2) is 0 Å². The summed E-state index contributed by atoms with van der Waals surface area (Å²) < 4.78 is 45.8. The zero-order valence-electron chi connectivity index (χ0n) is 10.8. The SMILES string of the molecule is CC(CCCl)CCOc1ccc(OC(F)(F)F)c(Br)c1. The molecule has 0 radical (unpaired) electrons. The Hall–Kier alpha value is -0.620. The normalized spacial score (nSPS) is 13.1. The first kappa shape index (κ1) is 17.4. The van der Waals surface area contributed by atoms with E-state index in [4.69, 9.17) is 16.3 Å². The van der Waals surface area contributed by atoms with Crippen molar-refractivity contribution in [2.45, 2.75) is 26.1 Å². The summed E-state index contributed by atoms with van der Waals surface area (Å²) in [6.07, 6.45) is -2.96. The van der Waals surface area contributed by atoms with E-state index in [0.717, 1.165) is 12.8 Å². The molecule has 1 rings (SSSR count). The molecule has 2 nitrogen and oxygen atoms in total. The van der Waals surface area contributed by atoms with Crippen LogP contribution in [-0.2, 0) is 0 Å².